The molecule has 0 aromatic rings. The van der Waals surface area contributed by atoms with Crippen LogP contribution in [0.4, 0.5) is 0 Å². The van der Waals surface area contributed by atoms with Crippen molar-refractivity contribution in [3.63, 3.8) is 0 Å². The average Bonchev–Trinajstić information content (AvgIpc) is 2.35. The highest BCUT2D eigenvalue weighted by atomic mass is 16.4. The Morgan fingerprint density at radius 2 is 2.22 bits per heavy atom. The molecule has 0 aromatic carbocycles. The summed E-state index contributed by atoms with van der Waals surface area (Å²) in [6.45, 7) is 3.97. The van der Waals surface area contributed by atoms with Crippen LogP contribution < -0.4 is 10.6 Å². The Bertz CT molecular complexity index is 333. The summed E-state index contributed by atoms with van der Waals surface area (Å²) in [6.07, 6.45) is 1.47. The summed E-state index contributed by atoms with van der Waals surface area (Å²) >= 11 is 0. The molecular formula is C12H20N2O4. The van der Waals surface area contributed by atoms with E-state index >= 15 is 0 Å². The molecule has 0 aliphatic carbocycles. The number of nitrogens with one attached hydrogen (secondary N) is 2. The van der Waals surface area contributed by atoms with Gasteiger partial charge in [-0.1, -0.05) is 20.3 Å². The van der Waals surface area contributed by atoms with Crippen LogP contribution in [0.1, 0.15) is 33.1 Å². The molecule has 0 saturated carbocycles. The SMILES string of the molecule is CC[C@H](C)[C@H](NC(=O)[C@H]1CCC(=O)NC1)C(=O)O. The minimum absolute atomic E-state index is 0.0595. The summed E-state index contributed by atoms with van der Waals surface area (Å²) in [5, 5.41) is 14.3. The van der Waals surface area contributed by atoms with E-state index in [1.165, 1.54) is 0 Å². The van der Waals surface area contributed by atoms with E-state index in [9.17, 15) is 14.4 Å². The second-order valence-corrected chi connectivity index (χ2v) is 4.75. The predicted octanol–water partition coefficient (Wildman–Crippen LogP) is 0.128. The topological polar surface area (TPSA) is 95.5 Å². The van der Waals surface area contributed by atoms with Gasteiger partial charge in [-0.15, -0.1) is 0 Å². The maximum Gasteiger partial charge on any atom is 0.326 e. The van der Waals surface area contributed by atoms with Crippen molar-refractivity contribution in [3.8, 4) is 0 Å². The summed E-state index contributed by atoms with van der Waals surface area (Å²) in [5.74, 6) is -1.81. The lowest BCUT2D eigenvalue weighted by atomic mass is 9.95. The second kappa shape index (κ2) is 6.37. The van der Waals surface area contributed by atoms with Gasteiger partial charge in [-0.2, -0.15) is 0 Å². The number of carboxylic acids is 1. The maximum atomic E-state index is 11.9. The summed E-state index contributed by atoms with van der Waals surface area (Å²) in [4.78, 5) is 34.0. The van der Waals surface area contributed by atoms with Gasteiger partial charge >= 0.3 is 5.97 Å². The zero-order chi connectivity index (χ0) is 13.7. The minimum atomic E-state index is -1.02. The lowest BCUT2D eigenvalue weighted by Crippen LogP contribution is -2.50. The van der Waals surface area contributed by atoms with Crippen molar-refractivity contribution in [2.45, 2.75) is 39.2 Å². The second-order valence-electron chi connectivity index (χ2n) is 4.75. The van der Waals surface area contributed by atoms with Crippen LogP contribution >= 0.6 is 0 Å². The van der Waals surface area contributed by atoms with Gasteiger partial charge in [0, 0.05) is 13.0 Å². The van der Waals surface area contributed by atoms with E-state index in [0.29, 0.717) is 19.3 Å². The molecule has 0 unspecified atom stereocenters. The van der Waals surface area contributed by atoms with E-state index in [0.717, 1.165) is 0 Å². The largest absolute Gasteiger partial charge is 0.480 e. The molecule has 102 valence electrons. The Morgan fingerprint density at radius 1 is 1.56 bits per heavy atom. The number of rotatable bonds is 5. The van der Waals surface area contributed by atoms with Gasteiger partial charge in [0.2, 0.25) is 11.8 Å². The van der Waals surface area contributed by atoms with E-state index in [4.69, 9.17) is 5.11 Å². The summed E-state index contributed by atoms with van der Waals surface area (Å²) < 4.78 is 0. The highest BCUT2D eigenvalue weighted by Gasteiger charge is 2.30. The summed E-state index contributed by atoms with van der Waals surface area (Å²) in [6, 6.07) is -0.861. The van der Waals surface area contributed by atoms with Crippen LogP contribution in [-0.4, -0.2) is 35.5 Å². The highest BCUT2D eigenvalue weighted by Crippen LogP contribution is 2.13. The van der Waals surface area contributed by atoms with Crippen LogP contribution in [0.3, 0.4) is 0 Å². The van der Waals surface area contributed by atoms with Crippen molar-refractivity contribution in [2.75, 3.05) is 6.54 Å². The Morgan fingerprint density at radius 3 is 2.67 bits per heavy atom. The molecule has 6 nitrogen and oxygen atoms in total. The number of carbonyl (C=O) groups excluding carboxylic acids is 2. The first-order valence-corrected chi connectivity index (χ1v) is 6.25. The van der Waals surface area contributed by atoms with Gasteiger partial charge in [0.15, 0.2) is 0 Å². The third-order valence-corrected chi connectivity index (χ3v) is 3.41. The third-order valence-electron chi connectivity index (χ3n) is 3.41. The lowest BCUT2D eigenvalue weighted by molar-refractivity contribution is -0.144. The van der Waals surface area contributed by atoms with Gasteiger partial charge in [-0.3, -0.25) is 9.59 Å². The quantitative estimate of drug-likeness (QED) is 0.651. The molecule has 1 heterocycles. The highest BCUT2D eigenvalue weighted by molar-refractivity contribution is 5.87. The summed E-state index contributed by atoms with van der Waals surface area (Å²) in [7, 11) is 0. The van der Waals surface area contributed by atoms with E-state index in [-0.39, 0.29) is 30.2 Å². The van der Waals surface area contributed by atoms with Crippen molar-refractivity contribution in [1.82, 2.24) is 10.6 Å². The number of hydrogen-bond donors (Lipinski definition) is 3. The molecule has 3 atom stereocenters. The zero-order valence-electron chi connectivity index (χ0n) is 10.7. The molecule has 3 N–H and O–H groups in total. The first-order chi connectivity index (χ1) is 8.45. The van der Waals surface area contributed by atoms with Gasteiger partial charge in [0.1, 0.15) is 6.04 Å². The van der Waals surface area contributed by atoms with Crippen molar-refractivity contribution in [1.29, 1.82) is 0 Å². The zero-order valence-corrected chi connectivity index (χ0v) is 10.7. The molecular weight excluding hydrogens is 236 g/mol. The fourth-order valence-corrected chi connectivity index (χ4v) is 1.91. The molecule has 1 aliphatic heterocycles. The van der Waals surface area contributed by atoms with Crippen LogP contribution in [0.15, 0.2) is 0 Å². The van der Waals surface area contributed by atoms with E-state index in [1.54, 1.807) is 6.92 Å². The molecule has 1 saturated heterocycles. The molecule has 18 heavy (non-hydrogen) atoms. The van der Waals surface area contributed by atoms with Gasteiger partial charge in [-0.25, -0.2) is 4.79 Å². The Kier molecular flexibility index (Phi) is 5.12. The van der Waals surface area contributed by atoms with Crippen molar-refractivity contribution >= 4 is 17.8 Å². The predicted molar refractivity (Wildman–Crippen MR) is 64.8 cm³/mol. The molecule has 0 aromatic heterocycles. The lowest BCUT2D eigenvalue weighted by Gasteiger charge is -2.25. The Hall–Kier alpha value is -1.59. The van der Waals surface area contributed by atoms with Gasteiger partial charge < -0.3 is 15.7 Å². The molecule has 1 aliphatic rings. The Balaban J connectivity index is 2.56. The first kappa shape index (κ1) is 14.5. The van der Waals surface area contributed by atoms with Crippen molar-refractivity contribution in [2.24, 2.45) is 11.8 Å². The monoisotopic (exact) mass is 256 g/mol. The number of piperidine rings is 1. The van der Waals surface area contributed by atoms with Crippen molar-refractivity contribution < 1.29 is 19.5 Å². The fourth-order valence-electron chi connectivity index (χ4n) is 1.91. The van der Waals surface area contributed by atoms with Gasteiger partial charge in [0.25, 0.3) is 0 Å². The molecule has 0 spiro atoms. The van der Waals surface area contributed by atoms with Crippen LogP contribution in [0, 0.1) is 11.8 Å². The number of aliphatic carboxylic acids is 1. The van der Waals surface area contributed by atoms with Crippen molar-refractivity contribution in [3.05, 3.63) is 0 Å². The molecule has 6 heteroatoms. The average molecular weight is 256 g/mol. The number of amides is 2. The fraction of sp³-hybridized carbons (Fsp3) is 0.750. The van der Waals surface area contributed by atoms with E-state index in [2.05, 4.69) is 10.6 Å². The molecule has 0 radical (unpaired) electrons. The van der Waals surface area contributed by atoms with Gasteiger partial charge in [0.05, 0.1) is 5.92 Å². The molecule has 1 rings (SSSR count). The van der Waals surface area contributed by atoms with Crippen LogP contribution in [-0.2, 0) is 14.4 Å². The minimum Gasteiger partial charge on any atom is -0.480 e. The van der Waals surface area contributed by atoms with Crippen LogP contribution in [0.2, 0.25) is 0 Å². The third kappa shape index (κ3) is 3.72. The number of carboxylic acid groups (broad SMARTS) is 1. The van der Waals surface area contributed by atoms with Crippen LogP contribution in [0.25, 0.3) is 0 Å². The molecule has 1 fully saturated rings. The molecule has 2 amide bonds. The standard InChI is InChI=1S/C12H20N2O4/c1-3-7(2)10(12(17)18)14-11(16)8-4-5-9(15)13-6-8/h7-8,10H,3-6H2,1-2H3,(H,13,15)(H,14,16)(H,17,18)/t7-,8-,10-/m0/s1. The normalized spacial score (nSPS) is 22.8. The maximum absolute atomic E-state index is 11.9. The smallest absolute Gasteiger partial charge is 0.326 e. The number of hydrogen-bond acceptors (Lipinski definition) is 3. The van der Waals surface area contributed by atoms with Gasteiger partial charge in [-0.05, 0) is 12.3 Å². The van der Waals surface area contributed by atoms with Crippen LogP contribution in [0.5, 0.6) is 0 Å². The summed E-state index contributed by atoms with van der Waals surface area (Å²) in [5.41, 5.74) is 0. The number of carbonyl (C=O) groups is 3. The molecule has 0 bridgehead atoms. The van der Waals surface area contributed by atoms with E-state index < -0.39 is 12.0 Å². The Labute approximate surface area is 106 Å². The van der Waals surface area contributed by atoms with E-state index in [1.807, 2.05) is 6.92 Å². The first-order valence-electron chi connectivity index (χ1n) is 6.25.